The number of nitrogens with two attached hydrogens (primary N) is 1. The fraction of sp³-hybridized carbons (Fsp3) is 1.00. The molecule has 1 heterocycles. The average molecular weight is 214 g/mol. The first-order valence-electron chi connectivity index (χ1n) is 6.15. The van der Waals surface area contributed by atoms with Crippen molar-refractivity contribution in [1.82, 2.24) is 4.90 Å². The van der Waals surface area contributed by atoms with Crippen molar-refractivity contribution in [3.05, 3.63) is 0 Å². The highest BCUT2D eigenvalue weighted by Gasteiger charge is 2.35. The van der Waals surface area contributed by atoms with E-state index in [9.17, 15) is 0 Å². The maximum Gasteiger partial charge on any atom is 0.0820 e. The van der Waals surface area contributed by atoms with Gasteiger partial charge in [-0.1, -0.05) is 13.8 Å². The molecule has 0 spiro atoms. The van der Waals surface area contributed by atoms with E-state index in [0.29, 0.717) is 12.0 Å². The zero-order valence-corrected chi connectivity index (χ0v) is 10.5. The van der Waals surface area contributed by atoms with Crippen molar-refractivity contribution in [3.63, 3.8) is 0 Å². The normalized spacial score (nSPS) is 23.2. The SMILES string of the molecule is CCC1(CC)CCN(CC(CN)OC)C1. The van der Waals surface area contributed by atoms with Crippen molar-refractivity contribution in [2.24, 2.45) is 11.1 Å². The summed E-state index contributed by atoms with van der Waals surface area (Å²) in [6.45, 7) is 8.67. The number of likely N-dealkylation sites (tertiary alicyclic amines) is 1. The molecule has 1 unspecified atom stereocenters. The summed E-state index contributed by atoms with van der Waals surface area (Å²) in [6.07, 6.45) is 4.12. The molecule has 0 aliphatic carbocycles. The molecule has 90 valence electrons. The van der Waals surface area contributed by atoms with Crippen LogP contribution in [0.25, 0.3) is 0 Å². The van der Waals surface area contributed by atoms with Crippen molar-refractivity contribution >= 4 is 0 Å². The van der Waals surface area contributed by atoms with Gasteiger partial charge >= 0.3 is 0 Å². The van der Waals surface area contributed by atoms with E-state index in [1.54, 1.807) is 7.11 Å². The summed E-state index contributed by atoms with van der Waals surface area (Å²) in [6, 6.07) is 0. The Balaban J connectivity index is 2.41. The van der Waals surface area contributed by atoms with Crippen LogP contribution in [0.1, 0.15) is 33.1 Å². The Bertz CT molecular complexity index is 176. The number of nitrogens with zero attached hydrogens (tertiary/aromatic N) is 1. The second kappa shape index (κ2) is 5.83. The molecule has 3 nitrogen and oxygen atoms in total. The maximum absolute atomic E-state index is 5.64. The van der Waals surface area contributed by atoms with Gasteiger partial charge in [0.2, 0.25) is 0 Å². The highest BCUT2D eigenvalue weighted by Crippen LogP contribution is 2.36. The number of hydrogen-bond donors (Lipinski definition) is 1. The molecule has 1 aliphatic heterocycles. The molecule has 2 N–H and O–H groups in total. The van der Waals surface area contributed by atoms with Gasteiger partial charge in [0.15, 0.2) is 0 Å². The molecule has 0 aromatic heterocycles. The molecule has 0 amide bonds. The van der Waals surface area contributed by atoms with Crippen LogP contribution in [0.4, 0.5) is 0 Å². The smallest absolute Gasteiger partial charge is 0.0820 e. The van der Waals surface area contributed by atoms with Gasteiger partial charge in [-0.3, -0.25) is 0 Å². The largest absolute Gasteiger partial charge is 0.379 e. The Morgan fingerprint density at radius 2 is 2.07 bits per heavy atom. The van der Waals surface area contributed by atoms with Crippen molar-refractivity contribution < 1.29 is 4.74 Å². The van der Waals surface area contributed by atoms with E-state index in [2.05, 4.69) is 18.7 Å². The van der Waals surface area contributed by atoms with E-state index in [1.807, 2.05) is 0 Å². The third-order valence-corrected chi connectivity index (χ3v) is 4.08. The molecule has 1 aliphatic rings. The molecule has 0 aromatic carbocycles. The van der Waals surface area contributed by atoms with Gasteiger partial charge in [-0.05, 0) is 31.2 Å². The zero-order valence-electron chi connectivity index (χ0n) is 10.5. The molecule has 3 heteroatoms. The summed E-state index contributed by atoms with van der Waals surface area (Å²) in [4.78, 5) is 2.51. The predicted octanol–water partition coefficient (Wildman–Crippen LogP) is 1.47. The second-order valence-electron chi connectivity index (χ2n) is 4.79. The molecule has 1 rings (SSSR count). The zero-order chi connectivity index (χ0) is 11.3. The molecule has 1 fully saturated rings. The lowest BCUT2D eigenvalue weighted by Gasteiger charge is -2.27. The Morgan fingerprint density at radius 1 is 1.40 bits per heavy atom. The minimum Gasteiger partial charge on any atom is -0.379 e. The van der Waals surface area contributed by atoms with Crippen LogP contribution in [0.5, 0.6) is 0 Å². The van der Waals surface area contributed by atoms with Gasteiger partial charge in [0.05, 0.1) is 6.10 Å². The molecule has 0 radical (unpaired) electrons. The van der Waals surface area contributed by atoms with Crippen LogP contribution in [0.2, 0.25) is 0 Å². The summed E-state index contributed by atoms with van der Waals surface area (Å²) >= 11 is 0. The van der Waals surface area contributed by atoms with E-state index >= 15 is 0 Å². The first kappa shape index (κ1) is 12.9. The lowest BCUT2D eigenvalue weighted by Crippen LogP contribution is -2.37. The van der Waals surface area contributed by atoms with Gasteiger partial charge in [-0.2, -0.15) is 0 Å². The second-order valence-corrected chi connectivity index (χ2v) is 4.79. The summed E-state index contributed by atoms with van der Waals surface area (Å²) < 4.78 is 5.33. The fourth-order valence-corrected chi connectivity index (χ4v) is 2.54. The predicted molar refractivity (Wildman–Crippen MR) is 63.9 cm³/mol. The van der Waals surface area contributed by atoms with Gasteiger partial charge in [-0.25, -0.2) is 0 Å². The first-order chi connectivity index (χ1) is 7.19. The third kappa shape index (κ3) is 3.16. The van der Waals surface area contributed by atoms with Gasteiger partial charge in [0.25, 0.3) is 0 Å². The van der Waals surface area contributed by atoms with E-state index in [4.69, 9.17) is 10.5 Å². The summed E-state index contributed by atoms with van der Waals surface area (Å²) in [7, 11) is 1.75. The van der Waals surface area contributed by atoms with E-state index < -0.39 is 0 Å². The molecule has 0 aromatic rings. The van der Waals surface area contributed by atoms with Gasteiger partial charge < -0.3 is 15.4 Å². The molecule has 0 saturated carbocycles. The molecule has 0 bridgehead atoms. The van der Waals surface area contributed by atoms with Crippen molar-refractivity contribution in [2.45, 2.75) is 39.2 Å². The molecule has 1 atom stereocenters. The number of hydrogen-bond acceptors (Lipinski definition) is 3. The van der Waals surface area contributed by atoms with Crippen LogP contribution in [0, 0.1) is 5.41 Å². The standard InChI is InChI=1S/C12H26N2O/c1-4-12(5-2)6-7-14(10-12)9-11(8-13)15-3/h11H,4-10,13H2,1-3H3. The van der Waals surface area contributed by atoms with Crippen LogP contribution in [-0.2, 0) is 4.74 Å². The van der Waals surface area contributed by atoms with Crippen molar-refractivity contribution in [2.75, 3.05) is 33.3 Å². The molecular formula is C12H26N2O. The van der Waals surface area contributed by atoms with Crippen LogP contribution in [-0.4, -0.2) is 44.3 Å². The average Bonchev–Trinajstić information content (AvgIpc) is 2.70. The Morgan fingerprint density at radius 3 is 2.47 bits per heavy atom. The van der Waals surface area contributed by atoms with Crippen molar-refractivity contribution in [3.8, 4) is 0 Å². The molecular weight excluding hydrogens is 188 g/mol. The molecule has 15 heavy (non-hydrogen) atoms. The third-order valence-electron chi connectivity index (χ3n) is 4.08. The lowest BCUT2D eigenvalue weighted by molar-refractivity contribution is 0.0730. The monoisotopic (exact) mass is 214 g/mol. The van der Waals surface area contributed by atoms with Gasteiger partial charge in [0.1, 0.15) is 0 Å². The van der Waals surface area contributed by atoms with E-state index in [-0.39, 0.29) is 6.10 Å². The topological polar surface area (TPSA) is 38.5 Å². The quantitative estimate of drug-likeness (QED) is 0.728. The first-order valence-corrected chi connectivity index (χ1v) is 6.15. The Hall–Kier alpha value is -0.120. The maximum atomic E-state index is 5.64. The number of ether oxygens (including phenoxy) is 1. The van der Waals surface area contributed by atoms with Crippen LogP contribution in [0.3, 0.4) is 0 Å². The van der Waals surface area contributed by atoms with Crippen LogP contribution in [0.15, 0.2) is 0 Å². The summed E-state index contributed by atoms with van der Waals surface area (Å²) in [5, 5.41) is 0. The minimum absolute atomic E-state index is 0.203. The highest BCUT2D eigenvalue weighted by atomic mass is 16.5. The number of methoxy groups -OCH3 is 1. The lowest BCUT2D eigenvalue weighted by atomic mass is 9.82. The Kier molecular flexibility index (Phi) is 5.03. The summed E-state index contributed by atoms with van der Waals surface area (Å²) in [5.74, 6) is 0. The van der Waals surface area contributed by atoms with Gasteiger partial charge in [0, 0.05) is 26.7 Å². The van der Waals surface area contributed by atoms with E-state index in [0.717, 1.165) is 6.54 Å². The van der Waals surface area contributed by atoms with Crippen LogP contribution >= 0.6 is 0 Å². The molecule has 1 saturated heterocycles. The minimum atomic E-state index is 0.203. The summed E-state index contributed by atoms with van der Waals surface area (Å²) in [5.41, 5.74) is 6.20. The van der Waals surface area contributed by atoms with Crippen molar-refractivity contribution in [1.29, 1.82) is 0 Å². The number of rotatable bonds is 6. The van der Waals surface area contributed by atoms with Crippen LogP contribution < -0.4 is 5.73 Å². The Labute approximate surface area is 94.0 Å². The highest BCUT2D eigenvalue weighted by molar-refractivity contribution is 4.88. The van der Waals surface area contributed by atoms with E-state index in [1.165, 1.54) is 32.4 Å². The fourth-order valence-electron chi connectivity index (χ4n) is 2.54. The van der Waals surface area contributed by atoms with Gasteiger partial charge in [-0.15, -0.1) is 0 Å².